The zero-order valence-electron chi connectivity index (χ0n) is 11.8. The fourth-order valence-corrected chi connectivity index (χ4v) is 3.07. The number of piperidine rings is 1. The molecule has 0 aliphatic carbocycles. The van der Waals surface area contributed by atoms with Gasteiger partial charge in [0, 0.05) is 43.6 Å². The van der Waals surface area contributed by atoms with E-state index in [1.165, 1.54) is 0 Å². The van der Waals surface area contributed by atoms with E-state index in [1.807, 2.05) is 23.2 Å². The van der Waals surface area contributed by atoms with Crippen LogP contribution in [0, 0.1) is 0 Å². The van der Waals surface area contributed by atoms with E-state index < -0.39 is 6.23 Å². The highest BCUT2D eigenvalue weighted by Crippen LogP contribution is 2.28. The Bertz CT molecular complexity index is 595. The number of hydrogen-bond donors (Lipinski definition) is 1. The molecule has 0 spiro atoms. The third-order valence-corrected chi connectivity index (χ3v) is 4.11. The molecule has 1 fully saturated rings. The smallest absolute Gasteiger partial charge is 0.174 e. The molecular formula is C15H21N4O. The van der Waals surface area contributed by atoms with Crippen LogP contribution in [0.5, 0.6) is 0 Å². The van der Waals surface area contributed by atoms with Gasteiger partial charge in [-0.2, -0.15) is 0 Å². The molecule has 1 saturated heterocycles. The van der Waals surface area contributed by atoms with Crippen LogP contribution in [0.1, 0.15) is 31.6 Å². The lowest BCUT2D eigenvalue weighted by Crippen LogP contribution is -2.44. The van der Waals surface area contributed by atoms with Crippen LogP contribution in [-0.2, 0) is 11.7 Å². The van der Waals surface area contributed by atoms with E-state index in [4.69, 9.17) is 5.73 Å². The van der Waals surface area contributed by atoms with Crippen LogP contribution < -0.4 is 5.73 Å². The Labute approximate surface area is 119 Å². The Morgan fingerprint density at radius 3 is 3.10 bits per heavy atom. The highest BCUT2D eigenvalue weighted by molar-refractivity contribution is 5.79. The standard InChI is InChI=1S/C15H21N4O/c1-2-18-9-6-13-14(18)12(5-7-17-13)15(20)19-8-3-4-11(16)10-19/h5-7,9,11,15H,2-4,8,10,16H2,1H3/t11-,15?/m1/s1. The van der Waals surface area contributed by atoms with Crippen LogP contribution in [0.15, 0.2) is 24.5 Å². The maximum atomic E-state index is 12.8. The highest BCUT2D eigenvalue weighted by atomic mass is 16.3. The van der Waals surface area contributed by atoms with Gasteiger partial charge in [0.2, 0.25) is 0 Å². The first-order valence-electron chi connectivity index (χ1n) is 7.30. The van der Waals surface area contributed by atoms with Crippen LogP contribution in [-0.4, -0.2) is 33.6 Å². The Morgan fingerprint density at radius 1 is 1.50 bits per heavy atom. The molecule has 0 bridgehead atoms. The van der Waals surface area contributed by atoms with Crippen LogP contribution in [0.2, 0.25) is 0 Å². The van der Waals surface area contributed by atoms with Gasteiger partial charge in [-0.3, -0.25) is 9.88 Å². The molecule has 5 heteroatoms. The Kier molecular flexibility index (Phi) is 3.74. The summed E-state index contributed by atoms with van der Waals surface area (Å²) in [6.07, 6.45) is 4.89. The average Bonchev–Trinajstić information content (AvgIpc) is 2.89. The van der Waals surface area contributed by atoms with Gasteiger partial charge < -0.3 is 10.3 Å². The second kappa shape index (κ2) is 5.52. The third kappa shape index (κ3) is 2.32. The molecule has 2 aromatic rings. The Morgan fingerprint density at radius 2 is 2.35 bits per heavy atom. The Balaban J connectivity index is 1.98. The van der Waals surface area contributed by atoms with Gasteiger partial charge >= 0.3 is 0 Å². The van der Waals surface area contributed by atoms with Crippen molar-refractivity contribution in [2.24, 2.45) is 5.73 Å². The molecule has 0 amide bonds. The number of nitrogens with zero attached hydrogens (tertiary/aromatic N) is 3. The first kappa shape index (κ1) is 13.5. The van der Waals surface area contributed by atoms with Crippen molar-refractivity contribution in [2.75, 3.05) is 13.1 Å². The summed E-state index contributed by atoms with van der Waals surface area (Å²) in [5.41, 5.74) is 8.67. The van der Waals surface area contributed by atoms with E-state index in [2.05, 4.69) is 16.5 Å². The molecule has 0 saturated carbocycles. The molecule has 2 atom stereocenters. The van der Waals surface area contributed by atoms with Crippen molar-refractivity contribution in [3.05, 3.63) is 30.1 Å². The van der Waals surface area contributed by atoms with Gasteiger partial charge in [-0.15, -0.1) is 0 Å². The summed E-state index contributed by atoms with van der Waals surface area (Å²) in [5, 5.41) is 12.8. The highest BCUT2D eigenvalue weighted by Gasteiger charge is 2.27. The first-order valence-corrected chi connectivity index (χ1v) is 7.30. The molecular weight excluding hydrogens is 252 g/mol. The lowest BCUT2D eigenvalue weighted by atomic mass is 10.0. The molecule has 3 heterocycles. The molecule has 3 rings (SSSR count). The lowest BCUT2D eigenvalue weighted by molar-refractivity contribution is -0.0624. The summed E-state index contributed by atoms with van der Waals surface area (Å²) in [6.45, 7) is 4.44. The zero-order chi connectivity index (χ0) is 14.1. The van der Waals surface area contributed by atoms with Crippen molar-refractivity contribution in [2.45, 2.75) is 38.6 Å². The van der Waals surface area contributed by atoms with Crippen molar-refractivity contribution in [3.8, 4) is 0 Å². The molecule has 1 unspecified atom stereocenters. The molecule has 20 heavy (non-hydrogen) atoms. The molecule has 1 aliphatic heterocycles. The second-order valence-corrected chi connectivity index (χ2v) is 5.49. The summed E-state index contributed by atoms with van der Waals surface area (Å²) in [6, 6.07) is 3.94. The second-order valence-electron chi connectivity index (χ2n) is 5.49. The zero-order valence-corrected chi connectivity index (χ0v) is 11.8. The molecule has 2 N–H and O–H groups in total. The van der Waals surface area contributed by atoms with Gasteiger partial charge in [0.15, 0.2) is 6.23 Å². The van der Waals surface area contributed by atoms with Gasteiger partial charge in [0.25, 0.3) is 0 Å². The van der Waals surface area contributed by atoms with Gasteiger partial charge in [-0.05, 0) is 31.9 Å². The van der Waals surface area contributed by atoms with Gasteiger partial charge in [-0.25, -0.2) is 5.11 Å². The van der Waals surface area contributed by atoms with E-state index in [1.54, 1.807) is 6.20 Å². The lowest BCUT2D eigenvalue weighted by Gasteiger charge is -2.33. The van der Waals surface area contributed by atoms with Crippen LogP contribution >= 0.6 is 0 Å². The van der Waals surface area contributed by atoms with Crippen LogP contribution in [0.4, 0.5) is 0 Å². The maximum Gasteiger partial charge on any atom is 0.174 e. The summed E-state index contributed by atoms with van der Waals surface area (Å²) in [5.74, 6) is 0. The van der Waals surface area contributed by atoms with Crippen molar-refractivity contribution in [3.63, 3.8) is 0 Å². The van der Waals surface area contributed by atoms with E-state index in [-0.39, 0.29) is 6.04 Å². The van der Waals surface area contributed by atoms with E-state index in [0.29, 0.717) is 6.54 Å². The van der Waals surface area contributed by atoms with E-state index in [0.717, 1.165) is 42.5 Å². The molecule has 5 nitrogen and oxygen atoms in total. The Hall–Kier alpha value is -1.43. The SMILES string of the molecule is CCn1ccc2nccc(C([O])N3CCC[C@@H](N)C3)c21. The van der Waals surface area contributed by atoms with E-state index >= 15 is 0 Å². The number of aromatic nitrogens is 2. The first-order chi connectivity index (χ1) is 9.70. The number of likely N-dealkylation sites (tertiary alicyclic amines) is 1. The summed E-state index contributed by atoms with van der Waals surface area (Å²) in [7, 11) is 0. The minimum absolute atomic E-state index is 0.121. The minimum atomic E-state index is -0.855. The predicted octanol–water partition coefficient (Wildman–Crippen LogP) is 1.91. The van der Waals surface area contributed by atoms with Crippen molar-refractivity contribution in [1.29, 1.82) is 0 Å². The fourth-order valence-electron chi connectivity index (χ4n) is 3.07. The number of fused-ring (bicyclic) bond motifs is 1. The summed E-state index contributed by atoms with van der Waals surface area (Å²) < 4.78 is 2.09. The van der Waals surface area contributed by atoms with Crippen molar-refractivity contribution in [1.82, 2.24) is 14.5 Å². The number of hydrogen-bond acceptors (Lipinski definition) is 3. The average molecular weight is 273 g/mol. The molecule has 2 aromatic heterocycles. The third-order valence-electron chi connectivity index (χ3n) is 4.11. The monoisotopic (exact) mass is 273 g/mol. The molecule has 1 aliphatic rings. The van der Waals surface area contributed by atoms with E-state index in [9.17, 15) is 5.11 Å². The quantitative estimate of drug-likeness (QED) is 0.929. The normalized spacial score (nSPS) is 22.2. The summed E-state index contributed by atoms with van der Waals surface area (Å²) in [4.78, 5) is 6.30. The molecule has 1 radical (unpaired) electrons. The number of rotatable bonds is 3. The van der Waals surface area contributed by atoms with Crippen LogP contribution in [0.25, 0.3) is 11.0 Å². The van der Waals surface area contributed by atoms with Gasteiger partial charge in [0.05, 0.1) is 11.0 Å². The van der Waals surface area contributed by atoms with Crippen LogP contribution in [0.3, 0.4) is 0 Å². The topological polar surface area (TPSA) is 67.0 Å². The summed E-state index contributed by atoms with van der Waals surface area (Å²) >= 11 is 0. The minimum Gasteiger partial charge on any atom is -0.346 e. The molecule has 107 valence electrons. The molecule has 0 aromatic carbocycles. The maximum absolute atomic E-state index is 12.8. The van der Waals surface area contributed by atoms with Gasteiger partial charge in [0.1, 0.15) is 0 Å². The van der Waals surface area contributed by atoms with Gasteiger partial charge in [-0.1, -0.05) is 0 Å². The van der Waals surface area contributed by atoms with Crippen molar-refractivity contribution < 1.29 is 5.11 Å². The number of pyridine rings is 1. The predicted molar refractivity (Wildman–Crippen MR) is 77.6 cm³/mol. The van der Waals surface area contributed by atoms with Crippen molar-refractivity contribution >= 4 is 11.0 Å². The number of nitrogens with two attached hydrogens (primary N) is 1. The fraction of sp³-hybridized carbons (Fsp3) is 0.533. The number of aryl methyl sites for hydroxylation is 1. The largest absolute Gasteiger partial charge is 0.346 e.